The van der Waals surface area contributed by atoms with Gasteiger partial charge in [-0.05, 0) is 42.0 Å². The molecule has 29 heavy (non-hydrogen) atoms. The Bertz CT molecular complexity index is 1370. The molecule has 1 heterocycles. The fourth-order valence-electron chi connectivity index (χ4n) is 2.99. The van der Waals surface area contributed by atoms with Gasteiger partial charge in [0.05, 0.1) is 9.92 Å². The molecule has 0 aliphatic carbocycles. The van der Waals surface area contributed by atoms with Crippen molar-refractivity contribution < 1.29 is 21.6 Å². The summed E-state index contributed by atoms with van der Waals surface area (Å²) in [5.41, 5.74) is 0.0403. The topological polar surface area (TPSA) is 47.0 Å². The highest BCUT2D eigenvalue weighted by Crippen LogP contribution is 2.34. The van der Waals surface area contributed by atoms with Gasteiger partial charge in [0.15, 0.2) is 5.03 Å². The summed E-state index contributed by atoms with van der Waals surface area (Å²) in [7, 11) is -4.28. The predicted molar refractivity (Wildman–Crippen MR) is 104 cm³/mol. The first-order chi connectivity index (χ1) is 13.8. The van der Waals surface area contributed by atoms with Crippen LogP contribution in [0.1, 0.15) is 0 Å². The van der Waals surface area contributed by atoms with E-state index in [2.05, 4.69) is 4.98 Å². The third-order valence-corrected chi connectivity index (χ3v) is 6.33. The van der Waals surface area contributed by atoms with Gasteiger partial charge in [-0.25, -0.2) is 26.6 Å². The molecule has 0 radical (unpaired) electrons. The van der Waals surface area contributed by atoms with Crippen molar-refractivity contribution in [3.63, 3.8) is 0 Å². The Labute approximate surface area is 169 Å². The number of hydrogen-bond acceptors (Lipinski definition) is 3. The fourth-order valence-corrected chi connectivity index (χ4v) is 4.49. The van der Waals surface area contributed by atoms with E-state index in [-0.39, 0.29) is 31.9 Å². The second kappa shape index (κ2) is 7.17. The molecule has 0 fully saturated rings. The minimum atomic E-state index is -4.28. The molecule has 0 unspecified atom stereocenters. The fraction of sp³-hybridized carbons (Fsp3) is 0. The molecule has 4 rings (SSSR count). The number of halogens is 4. The van der Waals surface area contributed by atoms with E-state index in [1.165, 1.54) is 36.4 Å². The van der Waals surface area contributed by atoms with Gasteiger partial charge in [-0.1, -0.05) is 41.9 Å². The second-order valence-electron chi connectivity index (χ2n) is 6.20. The summed E-state index contributed by atoms with van der Waals surface area (Å²) in [5.74, 6) is -2.14. The lowest BCUT2D eigenvalue weighted by molar-refractivity contribution is 0.591. The summed E-state index contributed by atoms with van der Waals surface area (Å²) in [6, 6.07) is 13.9. The summed E-state index contributed by atoms with van der Waals surface area (Å²) in [4.78, 5) is 3.66. The maximum atomic E-state index is 14.4. The molecule has 0 atom stereocenters. The zero-order valence-corrected chi connectivity index (χ0v) is 16.1. The van der Waals surface area contributed by atoms with E-state index in [1.807, 2.05) is 0 Å². The van der Waals surface area contributed by atoms with Crippen LogP contribution in [-0.2, 0) is 9.84 Å². The van der Waals surface area contributed by atoms with Crippen molar-refractivity contribution in [2.24, 2.45) is 0 Å². The lowest BCUT2D eigenvalue weighted by Gasteiger charge is -2.12. The first-order valence-corrected chi connectivity index (χ1v) is 10.2. The molecule has 146 valence electrons. The number of para-hydroxylation sites is 1. The zero-order valence-electron chi connectivity index (χ0n) is 14.5. The SMILES string of the molecule is O=S(=O)(c1ccc(F)c(Cl)c1)c1cc(-c2ccccc2F)c2cccc(F)c2n1. The molecule has 0 bridgehead atoms. The van der Waals surface area contributed by atoms with E-state index < -0.39 is 32.3 Å². The Morgan fingerprint density at radius 3 is 2.21 bits per heavy atom. The molecular weight excluding hydrogens is 423 g/mol. The van der Waals surface area contributed by atoms with E-state index in [9.17, 15) is 21.6 Å². The number of pyridine rings is 1. The van der Waals surface area contributed by atoms with Crippen molar-refractivity contribution in [1.82, 2.24) is 4.98 Å². The highest BCUT2D eigenvalue weighted by Gasteiger charge is 2.24. The molecule has 0 aliphatic rings. The summed E-state index contributed by atoms with van der Waals surface area (Å²) in [6.45, 7) is 0. The normalized spacial score (nSPS) is 11.7. The van der Waals surface area contributed by atoms with Crippen molar-refractivity contribution in [1.29, 1.82) is 0 Å². The average molecular weight is 434 g/mol. The Kier molecular flexibility index (Phi) is 4.80. The maximum Gasteiger partial charge on any atom is 0.223 e. The molecule has 4 aromatic rings. The summed E-state index contributed by atoms with van der Waals surface area (Å²) in [6.07, 6.45) is 0. The second-order valence-corrected chi connectivity index (χ2v) is 8.51. The van der Waals surface area contributed by atoms with Crippen molar-refractivity contribution in [3.05, 3.63) is 89.2 Å². The molecule has 3 nitrogen and oxygen atoms in total. The van der Waals surface area contributed by atoms with Crippen LogP contribution in [0.4, 0.5) is 13.2 Å². The standard InChI is InChI=1S/C21H11ClF3NO2S/c22-16-10-12(8-9-18(16)24)29(27,28)20-11-15(13-4-1-2-6-17(13)23)14-5-3-7-19(25)21(14)26-20/h1-11H. The van der Waals surface area contributed by atoms with Gasteiger partial charge in [0.1, 0.15) is 23.0 Å². The van der Waals surface area contributed by atoms with Gasteiger partial charge in [0.2, 0.25) is 9.84 Å². The van der Waals surface area contributed by atoms with Gasteiger partial charge in [-0.3, -0.25) is 0 Å². The molecule has 0 amide bonds. The maximum absolute atomic E-state index is 14.4. The van der Waals surface area contributed by atoms with Crippen molar-refractivity contribution >= 4 is 32.3 Å². The molecule has 0 saturated carbocycles. The number of hydrogen-bond donors (Lipinski definition) is 0. The smallest absolute Gasteiger partial charge is 0.223 e. The lowest BCUT2D eigenvalue weighted by atomic mass is 10.0. The van der Waals surface area contributed by atoms with Crippen LogP contribution in [0.15, 0.2) is 76.7 Å². The monoisotopic (exact) mass is 433 g/mol. The number of aromatic nitrogens is 1. The molecule has 3 aromatic carbocycles. The average Bonchev–Trinajstić information content (AvgIpc) is 2.70. The number of rotatable bonds is 3. The van der Waals surface area contributed by atoms with Crippen LogP contribution in [0.3, 0.4) is 0 Å². The van der Waals surface area contributed by atoms with E-state index in [4.69, 9.17) is 11.6 Å². The van der Waals surface area contributed by atoms with Crippen molar-refractivity contribution in [3.8, 4) is 11.1 Å². The highest BCUT2D eigenvalue weighted by atomic mass is 35.5. The minimum absolute atomic E-state index is 0.0964. The molecule has 0 N–H and O–H groups in total. The summed E-state index contributed by atoms with van der Waals surface area (Å²) >= 11 is 5.71. The molecule has 8 heteroatoms. The summed E-state index contributed by atoms with van der Waals surface area (Å²) in [5, 5.41) is -0.630. The Balaban J connectivity index is 2.05. The Hall–Kier alpha value is -2.90. The van der Waals surface area contributed by atoms with E-state index in [1.54, 1.807) is 6.07 Å². The van der Waals surface area contributed by atoms with Crippen molar-refractivity contribution in [2.45, 2.75) is 9.92 Å². The number of nitrogens with zero attached hydrogens (tertiary/aromatic N) is 1. The van der Waals surface area contributed by atoms with Gasteiger partial charge in [0, 0.05) is 10.9 Å². The van der Waals surface area contributed by atoms with E-state index in [0.29, 0.717) is 0 Å². The molecule has 1 aromatic heterocycles. The largest absolute Gasteiger partial charge is 0.233 e. The third-order valence-electron chi connectivity index (χ3n) is 4.41. The predicted octanol–water partition coefficient (Wildman–Crippen LogP) is 5.81. The third kappa shape index (κ3) is 3.36. The number of benzene rings is 3. The Morgan fingerprint density at radius 2 is 1.48 bits per heavy atom. The quantitative estimate of drug-likeness (QED) is 0.383. The van der Waals surface area contributed by atoms with Gasteiger partial charge in [-0.2, -0.15) is 0 Å². The van der Waals surface area contributed by atoms with E-state index in [0.717, 1.165) is 24.3 Å². The number of fused-ring (bicyclic) bond motifs is 1. The molecular formula is C21H11ClF3NO2S. The van der Waals surface area contributed by atoms with Crippen molar-refractivity contribution in [2.75, 3.05) is 0 Å². The number of sulfone groups is 1. The van der Waals surface area contributed by atoms with Gasteiger partial charge in [0.25, 0.3) is 0 Å². The molecule has 0 spiro atoms. The minimum Gasteiger partial charge on any atom is -0.233 e. The van der Waals surface area contributed by atoms with Crippen LogP contribution in [0.25, 0.3) is 22.0 Å². The van der Waals surface area contributed by atoms with Crippen LogP contribution in [0, 0.1) is 17.5 Å². The van der Waals surface area contributed by atoms with Crippen LogP contribution < -0.4 is 0 Å². The van der Waals surface area contributed by atoms with Gasteiger partial charge < -0.3 is 0 Å². The zero-order chi connectivity index (χ0) is 20.8. The highest BCUT2D eigenvalue weighted by molar-refractivity contribution is 7.91. The first kappa shape index (κ1) is 19.4. The van der Waals surface area contributed by atoms with Gasteiger partial charge in [-0.15, -0.1) is 0 Å². The van der Waals surface area contributed by atoms with E-state index >= 15 is 0 Å². The van der Waals surface area contributed by atoms with Crippen LogP contribution >= 0.6 is 11.6 Å². The molecule has 0 aliphatic heterocycles. The first-order valence-electron chi connectivity index (χ1n) is 8.33. The summed E-state index contributed by atoms with van der Waals surface area (Å²) < 4.78 is 68.4. The van der Waals surface area contributed by atoms with Gasteiger partial charge >= 0.3 is 0 Å². The lowest BCUT2D eigenvalue weighted by Crippen LogP contribution is -2.06. The Morgan fingerprint density at radius 1 is 0.759 bits per heavy atom. The van der Waals surface area contributed by atoms with Crippen LogP contribution in [0.5, 0.6) is 0 Å². The van der Waals surface area contributed by atoms with Crippen LogP contribution in [0.2, 0.25) is 5.02 Å². The molecule has 0 saturated heterocycles. The van der Waals surface area contributed by atoms with Crippen LogP contribution in [-0.4, -0.2) is 13.4 Å².